The summed E-state index contributed by atoms with van der Waals surface area (Å²) in [6.07, 6.45) is 3.83. The van der Waals surface area contributed by atoms with Crippen molar-refractivity contribution in [3.63, 3.8) is 0 Å². The number of hydrogen-bond acceptors (Lipinski definition) is 5. The molecule has 0 radical (unpaired) electrons. The summed E-state index contributed by atoms with van der Waals surface area (Å²) >= 11 is 0. The number of hydrogen-bond donors (Lipinski definition) is 2. The molecule has 3 aromatic rings. The minimum Gasteiger partial charge on any atom is -0.490 e. The first-order valence-corrected chi connectivity index (χ1v) is 12.1. The first-order chi connectivity index (χ1) is 18.4. The van der Waals surface area contributed by atoms with Gasteiger partial charge in [0.2, 0.25) is 0 Å². The van der Waals surface area contributed by atoms with Crippen molar-refractivity contribution >= 4 is 24.0 Å². The van der Waals surface area contributed by atoms with Gasteiger partial charge in [-0.05, 0) is 60.4 Å². The molecular formula is C30H28N2O6. The molecule has 1 fully saturated rings. The number of carboxylic acid groups (broad SMARTS) is 1. The zero-order valence-electron chi connectivity index (χ0n) is 21.0. The third-order valence-corrected chi connectivity index (χ3v) is 5.86. The predicted molar refractivity (Wildman–Crippen MR) is 143 cm³/mol. The van der Waals surface area contributed by atoms with Crippen LogP contribution in [-0.4, -0.2) is 34.5 Å². The van der Waals surface area contributed by atoms with Crippen LogP contribution in [0.3, 0.4) is 0 Å². The number of rotatable bonds is 11. The molecule has 0 aromatic heterocycles. The van der Waals surface area contributed by atoms with E-state index < -0.39 is 17.9 Å². The van der Waals surface area contributed by atoms with E-state index in [-0.39, 0.29) is 24.4 Å². The van der Waals surface area contributed by atoms with Gasteiger partial charge < -0.3 is 19.9 Å². The smallest absolute Gasteiger partial charge is 0.335 e. The van der Waals surface area contributed by atoms with Crippen LogP contribution in [0.1, 0.15) is 39.5 Å². The average Bonchev–Trinajstić information content (AvgIpc) is 3.16. The summed E-state index contributed by atoms with van der Waals surface area (Å²) in [6.45, 7) is 6.46. The van der Waals surface area contributed by atoms with Crippen LogP contribution in [0.4, 0.5) is 4.79 Å². The van der Waals surface area contributed by atoms with Crippen LogP contribution in [0.15, 0.2) is 85.1 Å². The molecule has 0 saturated carbocycles. The highest BCUT2D eigenvalue weighted by molar-refractivity contribution is 6.13. The molecule has 3 aromatic carbocycles. The van der Waals surface area contributed by atoms with Crippen LogP contribution >= 0.6 is 0 Å². The molecule has 194 valence electrons. The summed E-state index contributed by atoms with van der Waals surface area (Å²) in [5.41, 5.74) is 3.47. The van der Waals surface area contributed by atoms with Gasteiger partial charge in [0.15, 0.2) is 11.5 Å². The molecule has 8 heteroatoms. The lowest BCUT2D eigenvalue weighted by atomic mass is 10.0. The fraction of sp³-hybridized carbons (Fsp3) is 0.167. The van der Waals surface area contributed by atoms with Crippen LogP contribution in [0.5, 0.6) is 11.5 Å². The number of ether oxygens (including phenoxy) is 2. The van der Waals surface area contributed by atoms with E-state index in [1.54, 1.807) is 30.4 Å². The van der Waals surface area contributed by atoms with Crippen LogP contribution < -0.4 is 14.8 Å². The first-order valence-electron chi connectivity index (χ1n) is 12.1. The fourth-order valence-corrected chi connectivity index (χ4v) is 4.05. The van der Waals surface area contributed by atoms with E-state index in [9.17, 15) is 14.4 Å². The Morgan fingerprint density at radius 3 is 2.42 bits per heavy atom. The van der Waals surface area contributed by atoms with E-state index in [0.717, 1.165) is 16.7 Å². The molecule has 0 aliphatic carbocycles. The highest BCUT2D eigenvalue weighted by Gasteiger charge is 2.33. The topological polar surface area (TPSA) is 105 Å². The summed E-state index contributed by atoms with van der Waals surface area (Å²) in [6, 6.07) is 18.9. The predicted octanol–water partition coefficient (Wildman–Crippen LogP) is 5.18. The van der Waals surface area contributed by atoms with Crippen molar-refractivity contribution in [3.05, 3.63) is 113 Å². The molecule has 3 amide bonds. The number of carboxylic acids is 1. The Balaban J connectivity index is 1.59. The van der Waals surface area contributed by atoms with E-state index in [0.29, 0.717) is 30.1 Å². The number of aromatic carboxylic acids is 1. The summed E-state index contributed by atoms with van der Waals surface area (Å²) in [4.78, 5) is 37.8. The first kappa shape index (κ1) is 26.2. The number of carbonyl (C=O) groups is 3. The molecule has 4 rings (SSSR count). The number of benzene rings is 3. The molecule has 2 N–H and O–H groups in total. The molecule has 1 aliphatic heterocycles. The number of carbonyl (C=O) groups excluding carboxylic acids is 2. The van der Waals surface area contributed by atoms with Crippen LogP contribution in [-0.2, 0) is 24.4 Å². The van der Waals surface area contributed by atoms with Crippen molar-refractivity contribution in [2.45, 2.75) is 26.5 Å². The molecule has 1 heterocycles. The van der Waals surface area contributed by atoms with Gasteiger partial charge >= 0.3 is 12.0 Å². The largest absolute Gasteiger partial charge is 0.490 e. The number of allylic oxidation sites excluding steroid dienone is 1. The van der Waals surface area contributed by atoms with Crippen LogP contribution in [0, 0.1) is 0 Å². The van der Waals surface area contributed by atoms with Gasteiger partial charge in [-0.1, -0.05) is 48.5 Å². The highest BCUT2D eigenvalue weighted by Crippen LogP contribution is 2.35. The number of imide groups is 1. The molecule has 8 nitrogen and oxygen atoms in total. The molecule has 1 aliphatic rings. The SMILES string of the molecule is C=CCc1cc(/C=C2/NC(=O)N(Cc3ccccc3)C2=O)cc(OCC)c1OCc1ccc(C(=O)O)cc1. The lowest BCUT2D eigenvalue weighted by molar-refractivity contribution is -0.123. The van der Waals surface area contributed by atoms with Gasteiger partial charge in [-0.25, -0.2) is 9.59 Å². The Kier molecular flexibility index (Phi) is 8.23. The number of nitrogens with zero attached hydrogens (tertiary/aromatic N) is 1. The van der Waals surface area contributed by atoms with E-state index in [1.807, 2.05) is 43.3 Å². The third kappa shape index (κ3) is 6.10. The quantitative estimate of drug-likeness (QED) is 0.208. The van der Waals surface area contributed by atoms with Gasteiger partial charge in [0.25, 0.3) is 5.91 Å². The number of amides is 3. The fourth-order valence-electron chi connectivity index (χ4n) is 4.05. The highest BCUT2D eigenvalue weighted by atomic mass is 16.5. The van der Waals surface area contributed by atoms with Crippen molar-refractivity contribution in [2.24, 2.45) is 0 Å². The second-order valence-corrected chi connectivity index (χ2v) is 8.59. The van der Waals surface area contributed by atoms with Gasteiger partial charge in [-0.2, -0.15) is 0 Å². The minimum atomic E-state index is -0.991. The summed E-state index contributed by atoms with van der Waals surface area (Å²) in [5.74, 6) is -0.385. The monoisotopic (exact) mass is 512 g/mol. The van der Waals surface area contributed by atoms with Crippen molar-refractivity contribution < 1.29 is 29.0 Å². The Bertz CT molecular complexity index is 1380. The molecule has 0 bridgehead atoms. The minimum absolute atomic E-state index is 0.171. The van der Waals surface area contributed by atoms with Gasteiger partial charge in [0.1, 0.15) is 12.3 Å². The Morgan fingerprint density at radius 2 is 1.76 bits per heavy atom. The van der Waals surface area contributed by atoms with E-state index in [2.05, 4.69) is 11.9 Å². The van der Waals surface area contributed by atoms with E-state index in [4.69, 9.17) is 14.6 Å². The van der Waals surface area contributed by atoms with Crippen molar-refractivity contribution in [1.29, 1.82) is 0 Å². The molecular weight excluding hydrogens is 484 g/mol. The Labute approximate surface area is 220 Å². The molecule has 1 saturated heterocycles. The maximum atomic E-state index is 13.0. The second-order valence-electron chi connectivity index (χ2n) is 8.59. The molecule has 0 atom stereocenters. The lowest BCUT2D eigenvalue weighted by Gasteiger charge is -2.17. The van der Waals surface area contributed by atoms with Gasteiger partial charge in [-0.3, -0.25) is 9.69 Å². The summed E-state index contributed by atoms with van der Waals surface area (Å²) in [5, 5.41) is 11.8. The maximum Gasteiger partial charge on any atom is 0.335 e. The number of urea groups is 1. The zero-order valence-corrected chi connectivity index (χ0v) is 21.0. The normalized spacial score (nSPS) is 13.9. The molecule has 38 heavy (non-hydrogen) atoms. The van der Waals surface area contributed by atoms with Crippen molar-refractivity contribution in [2.75, 3.05) is 6.61 Å². The maximum absolute atomic E-state index is 13.0. The standard InChI is InChI=1S/C30H28N2O6/c1-3-8-24-15-22(16-25-28(33)32(30(36)31-25)18-20-9-6-5-7-10-20)17-26(37-4-2)27(24)38-19-21-11-13-23(14-12-21)29(34)35/h3,5-7,9-17H,1,4,8,18-19H2,2H3,(H,31,36)(H,34,35)/b25-16+. The lowest BCUT2D eigenvalue weighted by Crippen LogP contribution is -2.30. The summed E-state index contributed by atoms with van der Waals surface area (Å²) < 4.78 is 12.0. The van der Waals surface area contributed by atoms with Crippen molar-refractivity contribution in [3.8, 4) is 11.5 Å². The van der Waals surface area contributed by atoms with Crippen LogP contribution in [0.2, 0.25) is 0 Å². The molecule has 0 unspecified atom stereocenters. The third-order valence-electron chi connectivity index (χ3n) is 5.86. The van der Waals surface area contributed by atoms with E-state index >= 15 is 0 Å². The zero-order chi connectivity index (χ0) is 27.1. The Morgan fingerprint density at radius 1 is 1.03 bits per heavy atom. The Hall–Kier alpha value is -4.85. The number of nitrogens with one attached hydrogen (secondary N) is 1. The van der Waals surface area contributed by atoms with E-state index in [1.165, 1.54) is 17.0 Å². The van der Waals surface area contributed by atoms with Crippen LogP contribution in [0.25, 0.3) is 6.08 Å². The van der Waals surface area contributed by atoms with Gasteiger partial charge in [0.05, 0.1) is 18.7 Å². The van der Waals surface area contributed by atoms with Gasteiger partial charge in [-0.15, -0.1) is 6.58 Å². The summed E-state index contributed by atoms with van der Waals surface area (Å²) in [7, 11) is 0. The van der Waals surface area contributed by atoms with Gasteiger partial charge in [0, 0.05) is 5.56 Å². The molecule has 0 spiro atoms. The second kappa shape index (κ2) is 11.9. The average molecular weight is 513 g/mol. The van der Waals surface area contributed by atoms with Crippen molar-refractivity contribution in [1.82, 2.24) is 10.2 Å².